The van der Waals surface area contributed by atoms with Gasteiger partial charge in [0.1, 0.15) is 12.2 Å². The number of hydrogen-bond donors (Lipinski definition) is 1. The number of ether oxygens (including phenoxy) is 2. The van der Waals surface area contributed by atoms with E-state index < -0.39 is 17.8 Å². The molecule has 0 aliphatic carbocycles. The predicted molar refractivity (Wildman–Crippen MR) is 145 cm³/mol. The van der Waals surface area contributed by atoms with Gasteiger partial charge in [-0.25, -0.2) is 9.69 Å². The second-order valence-electron chi connectivity index (χ2n) is 7.37. The lowest BCUT2D eigenvalue weighted by molar-refractivity contribution is -0.122. The molecule has 0 atom stereocenters. The van der Waals surface area contributed by atoms with E-state index in [1.807, 2.05) is 24.3 Å². The predicted octanol–water partition coefficient (Wildman–Crippen LogP) is 5.96. The lowest BCUT2D eigenvalue weighted by Crippen LogP contribution is -2.54. The van der Waals surface area contributed by atoms with Crippen LogP contribution in [0, 0.1) is 3.57 Å². The number of carbonyl (C=O) groups excluding carboxylic acids is 3. The van der Waals surface area contributed by atoms with Crippen molar-refractivity contribution in [2.75, 3.05) is 12.0 Å². The van der Waals surface area contributed by atoms with Crippen LogP contribution >= 0.6 is 50.1 Å². The molecule has 35 heavy (non-hydrogen) atoms. The smallest absolute Gasteiger partial charge is 0.335 e. The van der Waals surface area contributed by atoms with Crippen LogP contribution in [0.25, 0.3) is 6.08 Å². The second-order valence-corrected chi connectivity index (χ2v) is 9.91. The summed E-state index contributed by atoms with van der Waals surface area (Å²) in [6, 6.07) is 16.6. The molecule has 1 saturated heterocycles. The average Bonchev–Trinajstić information content (AvgIpc) is 2.83. The van der Waals surface area contributed by atoms with Crippen LogP contribution in [0.4, 0.5) is 10.5 Å². The molecule has 1 fully saturated rings. The van der Waals surface area contributed by atoms with Gasteiger partial charge in [-0.15, -0.1) is 0 Å². The van der Waals surface area contributed by atoms with Gasteiger partial charge in [0.05, 0.1) is 12.8 Å². The Morgan fingerprint density at radius 3 is 2.37 bits per heavy atom. The number of imide groups is 2. The van der Waals surface area contributed by atoms with Gasteiger partial charge in [-0.05, 0) is 88.3 Å². The second kappa shape index (κ2) is 10.8. The van der Waals surface area contributed by atoms with Crippen LogP contribution in [0.2, 0.25) is 5.02 Å². The molecule has 178 valence electrons. The molecule has 0 unspecified atom stereocenters. The minimum atomic E-state index is -0.838. The number of nitrogens with zero attached hydrogens (tertiary/aromatic N) is 1. The molecule has 7 nitrogen and oxygen atoms in total. The summed E-state index contributed by atoms with van der Waals surface area (Å²) < 4.78 is 13.1. The summed E-state index contributed by atoms with van der Waals surface area (Å²) >= 11 is 11.6. The molecule has 0 aromatic heterocycles. The van der Waals surface area contributed by atoms with Gasteiger partial charge in [0.25, 0.3) is 11.8 Å². The molecule has 3 aromatic carbocycles. The van der Waals surface area contributed by atoms with Crippen molar-refractivity contribution in [1.82, 2.24) is 5.32 Å². The molecule has 0 radical (unpaired) electrons. The Labute approximate surface area is 228 Å². The van der Waals surface area contributed by atoms with Crippen molar-refractivity contribution < 1.29 is 23.9 Å². The number of anilines is 1. The molecule has 0 bridgehead atoms. The summed E-state index contributed by atoms with van der Waals surface area (Å²) in [5.41, 5.74) is 1.56. The van der Waals surface area contributed by atoms with Crippen molar-refractivity contribution in [3.05, 3.63) is 90.4 Å². The SMILES string of the molecule is COc1cc(/C=C2\C(=O)NC(=O)N(c3ccc(Cl)cc3)C2=O)c(Br)cc1OCc1ccc(I)cc1. The van der Waals surface area contributed by atoms with E-state index in [0.29, 0.717) is 33.2 Å². The van der Waals surface area contributed by atoms with Gasteiger partial charge in [-0.2, -0.15) is 0 Å². The highest BCUT2D eigenvalue weighted by Gasteiger charge is 2.37. The fraction of sp³-hybridized carbons (Fsp3) is 0.0800. The molecule has 1 heterocycles. The third kappa shape index (κ3) is 5.68. The number of urea groups is 1. The Bertz CT molecular complexity index is 1340. The van der Waals surface area contributed by atoms with Crippen LogP contribution in [0.5, 0.6) is 11.5 Å². The highest BCUT2D eigenvalue weighted by Crippen LogP contribution is 2.36. The van der Waals surface area contributed by atoms with Gasteiger partial charge in [0.15, 0.2) is 11.5 Å². The molecule has 1 aliphatic heterocycles. The molecule has 1 aliphatic rings. The van der Waals surface area contributed by atoms with Gasteiger partial charge < -0.3 is 9.47 Å². The number of rotatable bonds is 6. The number of hydrogen-bond acceptors (Lipinski definition) is 5. The van der Waals surface area contributed by atoms with Crippen LogP contribution in [-0.2, 0) is 16.2 Å². The number of amides is 4. The molecule has 4 amide bonds. The quantitative estimate of drug-likeness (QED) is 0.199. The standard InChI is InChI=1S/C25H17BrClIN2O5/c1-34-21-11-15(20(26)12-22(21)35-13-14-2-6-17(28)7-3-14)10-19-23(31)29-25(33)30(24(19)32)18-8-4-16(27)5-9-18/h2-12H,13H2,1H3,(H,29,31,33)/b19-10+. The normalized spacial score (nSPS) is 14.8. The fourth-order valence-electron chi connectivity index (χ4n) is 3.31. The number of methoxy groups -OCH3 is 1. The summed E-state index contributed by atoms with van der Waals surface area (Å²) in [5.74, 6) is -0.654. The van der Waals surface area contributed by atoms with Gasteiger partial charge in [-0.3, -0.25) is 14.9 Å². The fourth-order valence-corrected chi connectivity index (χ4v) is 4.24. The summed E-state index contributed by atoms with van der Waals surface area (Å²) in [7, 11) is 1.50. The third-order valence-electron chi connectivity index (χ3n) is 5.08. The number of barbiturate groups is 1. The van der Waals surface area contributed by atoms with Gasteiger partial charge in [0.2, 0.25) is 0 Å². The van der Waals surface area contributed by atoms with Gasteiger partial charge in [0, 0.05) is 13.1 Å². The van der Waals surface area contributed by atoms with Gasteiger partial charge in [-0.1, -0.05) is 39.7 Å². The molecular formula is C25H17BrClIN2O5. The Morgan fingerprint density at radius 2 is 1.71 bits per heavy atom. The van der Waals surface area contributed by atoms with Crippen molar-refractivity contribution in [1.29, 1.82) is 0 Å². The van der Waals surface area contributed by atoms with Crippen molar-refractivity contribution in [3.63, 3.8) is 0 Å². The van der Waals surface area contributed by atoms with E-state index in [2.05, 4.69) is 43.8 Å². The zero-order valence-electron chi connectivity index (χ0n) is 18.2. The average molecular weight is 668 g/mol. The Morgan fingerprint density at radius 1 is 1.03 bits per heavy atom. The number of nitrogens with one attached hydrogen (secondary N) is 1. The maximum atomic E-state index is 13.1. The van der Waals surface area contributed by atoms with Gasteiger partial charge >= 0.3 is 6.03 Å². The van der Waals surface area contributed by atoms with Crippen molar-refractivity contribution >= 4 is 79.7 Å². The highest BCUT2D eigenvalue weighted by atomic mass is 127. The molecular weight excluding hydrogens is 651 g/mol. The van der Waals surface area contributed by atoms with E-state index in [1.54, 1.807) is 24.3 Å². The molecule has 0 saturated carbocycles. The zero-order valence-corrected chi connectivity index (χ0v) is 22.7. The molecule has 3 aromatic rings. The highest BCUT2D eigenvalue weighted by molar-refractivity contribution is 14.1. The van der Waals surface area contributed by atoms with Crippen LogP contribution in [-0.4, -0.2) is 25.0 Å². The summed E-state index contributed by atoms with van der Waals surface area (Å²) in [5, 5.41) is 2.65. The van der Waals surface area contributed by atoms with E-state index >= 15 is 0 Å². The monoisotopic (exact) mass is 666 g/mol. The van der Waals surface area contributed by atoms with E-state index in [0.717, 1.165) is 14.0 Å². The first kappa shape index (κ1) is 25.2. The summed E-state index contributed by atoms with van der Waals surface area (Å²) in [4.78, 5) is 38.9. The van der Waals surface area contributed by atoms with Crippen LogP contribution in [0.1, 0.15) is 11.1 Å². The zero-order chi connectivity index (χ0) is 25.1. The van der Waals surface area contributed by atoms with Crippen LogP contribution in [0.15, 0.2) is 70.7 Å². The van der Waals surface area contributed by atoms with Crippen LogP contribution < -0.4 is 19.7 Å². The topological polar surface area (TPSA) is 84.9 Å². The van der Waals surface area contributed by atoms with Crippen molar-refractivity contribution in [2.24, 2.45) is 0 Å². The van der Waals surface area contributed by atoms with E-state index in [1.165, 1.54) is 25.3 Å². The minimum absolute atomic E-state index is 0.213. The number of halogens is 3. The van der Waals surface area contributed by atoms with Crippen molar-refractivity contribution in [3.8, 4) is 11.5 Å². The van der Waals surface area contributed by atoms with E-state index in [9.17, 15) is 14.4 Å². The minimum Gasteiger partial charge on any atom is -0.493 e. The van der Waals surface area contributed by atoms with E-state index in [4.69, 9.17) is 21.1 Å². The lowest BCUT2D eigenvalue weighted by atomic mass is 10.1. The number of carbonyl (C=O) groups is 3. The first-order valence-electron chi connectivity index (χ1n) is 10.2. The Hall–Kier alpha value is -2.89. The van der Waals surface area contributed by atoms with Crippen molar-refractivity contribution in [2.45, 2.75) is 6.61 Å². The third-order valence-corrected chi connectivity index (χ3v) is 6.73. The Balaban J connectivity index is 1.63. The molecule has 1 N–H and O–H groups in total. The molecule has 0 spiro atoms. The maximum Gasteiger partial charge on any atom is 0.335 e. The summed E-state index contributed by atoms with van der Waals surface area (Å²) in [6.07, 6.45) is 1.39. The first-order chi connectivity index (χ1) is 16.8. The molecule has 4 rings (SSSR count). The Kier molecular flexibility index (Phi) is 7.78. The first-order valence-corrected chi connectivity index (χ1v) is 12.4. The number of benzene rings is 3. The largest absolute Gasteiger partial charge is 0.493 e. The lowest BCUT2D eigenvalue weighted by Gasteiger charge is -2.26. The molecule has 10 heteroatoms. The van der Waals surface area contributed by atoms with Crippen LogP contribution in [0.3, 0.4) is 0 Å². The summed E-state index contributed by atoms with van der Waals surface area (Å²) in [6.45, 7) is 0.333. The maximum absolute atomic E-state index is 13.1. The van der Waals surface area contributed by atoms with E-state index in [-0.39, 0.29) is 11.3 Å².